The molecule has 2 aromatic rings. The van der Waals surface area contributed by atoms with Crippen molar-refractivity contribution in [1.29, 1.82) is 0 Å². The first kappa shape index (κ1) is 9.00. The van der Waals surface area contributed by atoms with Crippen molar-refractivity contribution in [3.63, 3.8) is 0 Å². The highest BCUT2D eigenvalue weighted by Gasteiger charge is 1.98. The summed E-state index contributed by atoms with van der Waals surface area (Å²) in [5.74, 6) is 0. The van der Waals surface area contributed by atoms with Crippen molar-refractivity contribution >= 4 is 27.4 Å². The number of aromatic nitrogens is 1. The number of fused-ring (bicyclic) bond motifs is 1. The minimum absolute atomic E-state index is 0.801. The first-order valence-corrected chi connectivity index (χ1v) is 4.75. The molecule has 12 heavy (non-hydrogen) atoms. The SMILES string of the molecule is CC.Nc1snc2ccccc12. The third-order valence-corrected chi connectivity index (χ3v) is 2.12. The summed E-state index contributed by atoms with van der Waals surface area (Å²) in [6.07, 6.45) is 0. The predicted molar refractivity (Wildman–Crippen MR) is 55.4 cm³/mol. The Bertz CT molecular complexity index is 354. The largest absolute Gasteiger partial charge is 0.389 e. The van der Waals surface area contributed by atoms with Gasteiger partial charge in [0.1, 0.15) is 5.00 Å². The van der Waals surface area contributed by atoms with E-state index in [-0.39, 0.29) is 0 Å². The fraction of sp³-hybridized carbons (Fsp3) is 0.222. The molecule has 0 fully saturated rings. The van der Waals surface area contributed by atoms with Gasteiger partial charge in [-0.05, 0) is 23.7 Å². The summed E-state index contributed by atoms with van der Waals surface area (Å²) in [5.41, 5.74) is 6.62. The summed E-state index contributed by atoms with van der Waals surface area (Å²) < 4.78 is 4.13. The van der Waals surface area contributed by atoms with Gasteiger partial charge in [-0.1, -0.05) is 26.0 Å². The van der Waals surface area contributed by atoms with Crippen molar-refractivity contribution in [2.75, 3.05) is 5.73 Å². The molecule has 0 saturated carbocycles. The lowest BCUT2D eigenvalue weighted by Crippen LogP contribution is -1.76. The summed E-state index contributed by atoms with van der Waals surface area (Å²) in [6, 6.07) is 7.87. The maximum Gasteiger partial charge on any atom is 0.114 e. The van der Waals surface area contributed by atoms with Crippen LogP contribution in [0.5, 0.6) is 0 Å². The molecule has 1 aromatic heterocycles. The molecule has 0 radical (unpaired) electrons. The summed E-state index contributed by atoms with van der Waals surface area (Å²) >= 11 is 1.35. The van der Waals surface area contributed by atoms with Gasteiger partial charge in [0.25, 0.3) is 0 Å². The van der Waals surface area contributed by atoms with Gasteiger partial charge in [0, 0.05) is 5.39 Å². The van der Waals surface area contributed by atoms with Crippen molar-refractivity contribution in [3.05, 3.63) is 24.3 Å². The molecular formula is C9H12N2S. The zero-order chi connectivity index (χ0) is 8.97. The lowest BCUT2D eigenvalue weighted by Gasteiger charge is -1.84. The number of hydrogen-bond donors (Lipinski definition) is 1. The van der Waals surface area contributed by atoms with Gasteiger partial charge in [0.05, 0.1) is 5.52 Å². The van der Waals surface area contributed by atoms with Crippen molar-refractivity contribution in [3.8, 4) is 0 Å². The Morgan fingerprint density at radius 2 is 1.92 bits per heavy atom. The molecule has 0 saturated heterocycles. The van der Waals surface area contributed by atoms with Crippen molar-refractivity contribution < 1.29 is 0 Å². The van der Waals surface area contributed by atoms with E-state index in [4.69, 9.17) is 5.73 Å². The van der Waals surface area contributed by atoms with E-state index in [1.807, 2.05) is 38.1 Å². The number of anilines is 1. The lowest BCUT2D eigenvalue weighted by atomic mass is 10.2. The second-order valence-electron chi connectivity index (χ2n) is 2.06. The summed E-state index contributed by atoms with van der Waals surface area (Å²) in [4.78, 5) is 0. The van der Waals surface area contributed by atoms with Gasteiger partial charge in [0.15, 0.2) is 0 Å². The molecule has 2 nitrogen and oxygen atoms in total. The molecule has 0 bridgehead atoms. The molecule has 2 N–H and O–H groups in total. The maximum absolute atomic E-state index is 5.63. The Morgan fingerprint density at radius 3 is 2.58 bits per heavy atom. The fourth-order valence-corrected chi connectivity index (χ4v) is 1.54. The average Bonchev–Trinajstić information content (AvgIpc) is 2.53. The van der Waals surface area contributed by atoms with E-state index in [1.54, 1.807) is 0 Å². The number of benzene rings is 1. The van der Waals surface area contributed by atoms with Crippen LogP contribution >= 0.6 is 11.5 Å². The molecule has 0 aliphatic rings. The number of hydrogen-bond acceptors (Lipinski definition) is 3. The van der Waals surface area contributed by atoms with Crippen LogP contribution in [-0.2, 0) is 0 Å². The summed E-state index contributed by atoms with van der Waals surface area (Å²) in [6.45, 7) is 4.00. The second kappa shape index (κ2) is 4.07. The molecule has 0 aliphatic heterocycles. The van der Waals surface area contributed by atoms with E-state index in [1.165, 1.54) is 11.5 Å². The molecule has 0 atom stereocenters. The van der Waals surface area contributed by atoms with Gasteiger partial charge in [0.2, 0.25) is 0 Å². The van der Waals surface area contributed by atoms with Crippen molar-refractivity contribution in [1.82, 2.24) is 4.37 Å². The second-order valence-corrected chi connectivity index (χ2v) is 2.87. The molecule has 3 heteroatoms. The molecular weight excluding hydrogens is 168 g/mol. The fourth-order valence-electron chi connectivity index (χ4n) is 0.909. The Labute approximate surface area is 76.2 Å². The zero-order valence-corrected chi connectivity index (χ0v) is 8.06. The quantitative estimate of drug-likeness (QED) is 0.677. The van der Waals surface area contributed by atoms with Crippen LogP contribution in [-0.4, -0.2) is 4.37 Å². The summed E-state index contributed by atoms with van der Waals surface area (Å²) in [7, 11) is 0. The van der Waals surface area contributed by atoms with Crippen molar-refractivity contribution in [2.45, 2.75) is 13.8 Å². The van der Waals surface area contributed by atoms with Gasteiger partial charge < -0.3 is 5.73 Å². The highest BCUT2D eigenvalue weighted by molar-refractivity contribution is 7.11. The molecule has 0 spiro atoms. The van der Waals surface area contributed by atoms with E-state index in [2.05, 4.69) is 4.37 Å². The lowest BCUT2D eigenvalue weighted by molar-refractivity contribution is 1.50. The van der Waals surface area contributed by atoms with Gasteiger partial charge >= 0.3 is 0 Å². The van der Waals surface area contributed by atoms with Crippen LogP contribution in [0, 0.1) is 0 Å². The normalized spacial score (nSPS) is 9.17. The first-order chi connectivity index (χ1) is 5.88. The maximum atomic E-state index is 5.63. The number of nitrogens with two attached hydrogens (primary N) is 1. The average molecular weight is 180 g/mol. The summed E-state index contributed by atoms with van der Waals surface area (Å²) in [5, 5.41) is 1.86. The van der Waals surface area contributed by atoms with Crippen LogP contribution in [0.4, 0.5) is 5.00 Å². The molecule has 1 aromatic carbocycles. The molecule has 2 rings (SSSR count). The first-order valence-electron chi connectivity index (χ1n) is 3.98. The van der Waals surface area contributed by atoms with Gasteiger partial charge in [-0.15, -0.1) is 0 Å². The number of rotatable bonds is 0. The Hall–Kier alpha value is -1.09. The third kappa shape index (κ3) is 1.56. The third-order valence-electron chi connectivity index (χ3n) is 1.41. The number of nitrogen functional groups attached to an aromatic ring is 1. The van der Waals surface area contributed by atoms with Gasteiger partial charge in [-0.2, -0.15) is 4.37 Å². The highest BCUT2D eigenvalue weighted by atomic mass is 32.1. The topological polar surface area (TPSA) is 38.9 Å². The molecule has 0 amide bonds. The monoisotopic (exact) mass is 180 g/mol. The minimum Gasteiger partial charge on any atom is -0.389 e. The smallest absolute Gasteiger partial charge is 0.114 e. The molecule has 0 aliphatic carbocycles. The standard InChI is InChI=1S/C7H6N2S.C2H6/c8-7-5-3-1-2-4-6(5)9-10-7;1-2/h1-4H,8H2;1-2H3. The Balaban J connectivity index is 0.000000336. The minimum atomic E-state index is 0.801. The van der Waals surface area contributed by atoms with Crippen LogP contribution in [0.3, 0.4) is 0 Å². The van der Waals surface area contributed by atoms with E-state index >= 15 is 0 Å². The van der Waals surface area contributed by atoms with Crippen LogP contribution in [0.15, 0.2) is 24.3 Å². The van der Waals surface area contributed by atoms with E-state index in [0.29, 0.717) is 0 Å². The molecule has 0 unspecified atom stereocenters. The van der Waals surface area contributed by atoms with E-state index in [9.17, 15) is 0 Å². The number of nitrogens with zero attached hydrogens (tertiary/aromatic N) is 1. The van der Waals surface area contributed by atoms with E-state index in [0.717, 1.165) is 15.9 Å². The highest BCUT2D eigenvalue weighted by Crippen LogP contribution is 2.23. The van der Waals surface area contributed by atoms with Crippen LogP contribution < -0.4 is 5.73 Å². The van der Waals surface area contributed by atoms with Crippen molar-refractivity contribution in [2.24, 2.45) is 0 Å². The van der Waals surface area contributed by atoms with Gasteiger partial charge in [-0.3, -0.25) is 0 Å². The van der Waals surface area contributed by atoms with E-state index < -0.39 is 0 Å². The zero-order valence-electron chi connectivity index (χ0n) is 7.24. The van der Waals surface area contributed by atoms with Crippen LogP contribution in [0.2, 0.25) is 0 Å². The Morgan fingerprint density at radius 1 is 1.25 bits per heavy atom. The molecule has 64 valence electrons. The van der Waals surface area contributed by atoms with Crippen LogP contribution in [0.1, 0.15) is 13.8 Å². The Kier molecular flexibility index (Phi) is 3.05. The molecule has 1 heterocycles. The van der Waals surface area contributed by atoms with Crippen LogP contribution in [0.25, 0.3) is 10.9 Å². The predicted octanol–water partition coefficient (Wildman–Crippen LogP) is 2.90. The van der Waals surface area contributed by atoms with Gasteiger partial charge in [-0.25, -0.2) is 0 Å².